The van der Waals surface area contributed by atoms with Gasteiger partial charge >= 0.3 is 0 Å². The lowest BCUT2D eigenvalue weighted by Crippen LogP contribution is -2.29. The van der Waals surface area contributed by atoms with Crippen LogP contribution in [0.5, 0.6) is 0 Å². The zero-order valence-corrected chi connectivity index (χ0v) is 31.5. The minimum absolute atomic E-state index is 0.490. The molecule has 0 aromatic heterocycles. The third-order valence-corrected chi connectivity index (χ3v) is 11.6. The molecule has 270 valence electrons. The summed E-state index contributed by atoms with van der Waals surface area (Å²) in [6, 6.07) is 76.4. The Hall–Kier alpha value is -7.29. The number of amidine groups is 1. The summed E-state index contributed by atoms with van der Waals surface area (Å²) in [5, 5.41) is 4.80. The molecule has 2 nitrogen and oxygen atoms in total. The third-order valence-electron chi connectivity index (χ3n) is 11.6. The van der Waals surface area contributed by atoms with E-state index >= 15 is 0 Å². The molecule has 0 saturated carbocycles. The second kappa shape index (κ2) is 14.4. The zero-order chi connectivity index (χ0) is 38.2. The molecule has 9 aromatic carbocycles. The van der Waals surface area contributed by atoms with Gasteiger partial charge in [-0.1, -0.05) is 218 Å². The van der Waals surface area contributed by atoms with Gasteiger partial charge in [-0.05, 0) is 78.0 Å². The molecule has 10 rings (SSSR count). The summed E-state index contributed by atoms with van der Waals surface area (Å²) in [7, 11) is 0. The minimum Gasteiger partial charge on any atom is -0.383 e. The van der Waals surface area contributed by atoms with Crippen molar-refractivity contribution in [2.45, 2.75) is 11.8 Å². The van der Waals surface area contributed by atoms with Gasteiger partial charge in [0.1, 0.15) is 5.84 Å². The molecule has 1 aliphatic carbocycles. The first-order valence-electron chi connectivity index (χ1n) is 19.6. The Morgan fingerprint density at radius 2 is 1.05 bits per heavy atom. The van der Waals surface area contributed by atoms with Crippen molar-refractivity contribution in [3.05, 3.63) is 257 Å². The number of benzene rings is 9. The molecular formula is C55H40N2. The van der Waals surface area contributed by atoms with Crippen LogP contribution < -0.4 is 5.73 Å². The maximum absolute atomic E-state index is 6.76. The highest BCUT2D eigenvalue weighted by atomic mass is 14.9. The van der Waals surface area contributed by atoms with E-state index in [9.17, 15) is 0 Å². The highest BCUT2D eigenvalue weighted by Gasteiger charge is 2.48. The van der Waals surface area contributed by atoms with Crippen LogP contribution in [0.4, 0.5) is 0 Å². The quantitative estimate of drug-likeness (QED) is 0.123. The molecule has 0 bridgehead atoms. The van der Waals surface area contributed by atoms with E-state index in [4.69, 9.17) is 10.7 Å². The van der Waals surface area contributed by atoms with Gasteiger partial charge in [-0.3, -0.25) is 0 Å². The Morgan fingerprint density at radius 3 is 1.75 bits per heavy atom. The van der Waals surface area contributed by atoms with Gasteiger partial charge in [0.2, 0.25) is 0 Å². The fourth-order valence-electron chi connectivity index (χ4n) is 9.15. The van der Waals surface area contributed by atoms with Crippen LogP contribution in [0.1, 0.15) is 38.9 Å². The number of fused-ring (bicyclic) bond motifs is 6. The van der Waals surface area contributed by atoms with Crippen LogP contribution in [-0.4, -0.2) is 5.84 Å². The van der Waals surface area contributed by atoms with E-state index in [0.717, 1.165) is 28.6 Å². The van der Waals surface area contributed by atoms with E-state index in [2.05, 4.69) is 188 Å². The van der Waals surface area contributed by atoms with Gasteiger partial charge < -0.3 is 5.73 Å². The van der Waals surface area contributed by atoms with Crippen molar-refractivity contribution in [2.75, 3.05) is 0 Å². The first-order valence-corrected chi connectivity index (χ1v) is 19.6. The number of hydrogen-bond acceptors (Lipinski definition) is 1. The molecular weight excluding hydrogens is 689 g/mol. The number of aliphatic imine (C=N–C) groups is 1. The van der Waals surface area contributed by atoms with Gasteiger partial charge in [-0.2, -0.15) is 0 Å². The van der Waals surface area contributed by atoms with Crippen LogP contribution in [0.3, 0.4) is 0 Å². The van der Waals surface area contributed by atoms with Gasteiger partial charge in [-0.25, -0.2) is 4.99 Å². The van der Waals surface area contributed by atoms with Crippen molar-refractivity contribution in [3.63, 3.8) is 0 Å². The van der Waals surface area contributed by atoms with Crippen molar-refractivity contribution < 1.29 is 0 Å². The molecule has 0 heterocycles. The largest absolute Gasteiger partial charge is 0.383 e. The van der Waals surface area contributed by atoms with Crippen LogP contribution in [0.2, 0.25) is 0 Å². The van der Waals surface area contributed by atoms with Crippen molar-refractivity contribution >= 4 is 33.1 Å². The van der Waals surface area contributed by atoms with Crippen molar-refractivity contribution in [1.29, 1.82) is 0 Å². The van der Waals surface area contributed by atoms with Crippen LogP contribution >= 0.6 is 0 Å². The monoisotopic (exact) mass is 728 g/mol. The molecule has 0 fully saturated rings. The van der Waals surface area contributed by atoms with Gasteiger partial charge in [0.15, 0.2) is 0 Å². The SMILES string of the molecule is NC(=N/C(=C\Cc1ccccc1)c1ccc(-c2cccc3c2C(c2ccccc2)(c2ccccc2)c2ccc4ccccc4c2-3)c2ccccc12)c1ccccc1. The predicted octanol–water partition coefficient (Wildman–Crippen LogP) is 13.0. The van der Waals surface area contributed by atoms with E-state index < -0.39 is 5.41 Å². The summed E-state index contributed by atoms with van der Waals surface area (Å²) >= 11 is 0. The molecule has 0 amide bonds. The molecule has 0 unspecified atom stereocenters. The van der Waals surface area contributed by atoms with Crippen LogP contribution in [0, 0.1) is 0 Å². The minimum atomic E-state index is -0.567. The Morgan fingerprint density at radius 1 is 0.474 bits per heavy atom. The van der Waals surface area contributed by atoms with E-state index in [0.29, 0.717) is 5.84 Å². The number of nitrogens with two attached hydrogens (primary N) is 1. The second-order valence-electron chi connectivity index (χ2n) is 14.8. The molecule has 0 spiro atoms. The van der Waals surface area contributed by atoms with Crippen LogP contribution in [-0.2, 0) is 11.8 Å². The predicted molar refractivity (Wildman–Crippen MR) is 239 cm³/mol. The molecule has 0 atom stereocenters. The zero-order valence-electron chi connectivity index (χ0n) is 31.5. The number of hydrogen-bond donors (Lipinski definition) is 1. The lowest BCUT2D eigenvalue weighted by atomic mass is 9.66. The third kappa shape index (κ3) is 5.77. The van der Waals surface area contributed by atoms with E-state index in [1.807, 2.05) is 30.3 Å². The average molecular weight is 729 g/mol. The van der Waals surface area contributed by atoms with Gasteiger partial charge in [0.25, 0.3) is 0 Å². The van der Waals surface area contributed by atoms with Crippen molar-refractivity contribution in [2.24, 2.45) is 10.7 Å². The molecule has 0 aliphatic heterocycles. The highest BCUT2D eigenvalue weighted by Crippen LogP contribution is 2.60. The van der Waals surface area contributed by atoms with Crippen LogP contribution in [0.25, 0.3) is 49.5 Å². The number of nitrogens with zero attached hydrogens (tertiary/aromatic N) is 1. The smallest absolute Gasteiger partial charge is 0.131 e. The van der Waals surface area contributed by atoms with Gasteiger partial charge in [0, 0.05) is 11.1 Å². The molecule has 2 heteroatoms. The first kappa shape index (κ1) is 34.2. The maximum atomic E-state index is 6.76. The van der Waals surface area contributed by atoms with Gasteiger partial charge in [-0.15, -0.1) is 0 Å². The standard InChI is InChI=1S/C55H40N2/c56-54(40-21-7-2-8-22-40)57-51(37-32-38-18-5-1-6-19-38)47-35-34-46(44-28-15-16-29-45(44)47)48-30-17-31-49-52-43-27-14-13-20-39(43)33-36-50(52)55(53(48)49,41-23-9-3-10-24-41)42-25-11-4-12-26-42/h1-31,33-37H,32H2,(H2,56,57)/b51-37-. The Labute approximate surface area is 334 Å². The molecule has 2 N–H and O–H groups in total. The van der Waals surface area contributed by atoms with Gasteiger partial charge in [0.05, 0.1) is 11.1 Å². The number of allylic oxidation sites excluding steroid dienone is 1. The summed E-state index contributed by atoms with van der Waals surface area (Å²) < 4.78 is 0. The van der Waals surface area contributed by atoms with Crippen LogP contribution in [0.15, 0.2) is 223 Å². The van der Waals surface area contributed by atoms with Crippen molar-refractivity contribution in [1.82, 2.24) is 0 Å². The molecule has 0 radical (unpaired) electrons. The summed E-state index contributed by atoms with van der Waals surface area (Å²) in [4.78, 5) is 5.16. The van der Waals surface area contributed by atoms with E-state index in [1.165, 1.54) is 66.2 Å². The summed E-state index contributed by atoms with van der Waals surface area (Å²) in [6.07, 6.45) is 2.94. The van der Waals surface area contributed by atoms with E-state index in [1.54, 1.807) is 0 Å². The summed E-state index contributed by atoms with van der Waals surface area (Å²) in [5.74, 6) is 0.490. The Kier molecular flexibility index (Phi) is 8.65. The molecule has 9 aromatic rings. The fourth-order valence-corrected chi connectivity index (χ4v) is 9.15. The summed E-state index contributed by atoms with van der Waals surface area (Å²) in [6.45, 7) is 0. The number of rotatable bonds is 8. The average Bonchev–Trinajstić information content (AvgIpc) is 3.60. The highest BCUT2D eigenvalue weighted by molar-refractivity contribution is 6.10. The Bertz CT molecular complexity index is 2920. The topological polar surface area (TPSA) is 38.4 Å². The van der Waals surface area contributed by atoms with E-state index in [-0.39, 0.29) is 0 Å². The molecule has 1 aliphatic rings. The lowest BCUT2D eigenvalue weighted by Gasteiger charge is -2.35. The lowest BCUT2D eigenvalue weighted by molar-refractivity contribution is 0.771. The van der Waals surface area contributed by atoms with Crippen molar-refractivity contribution in [3.8, 4) is 22.3 Å². The second-order valence-corrected chi connectivity index (χ2v) is 14.8. The Balaban J connectivity index is 1.25. The maximum Gasteiger partial charge on any atom is 0.131 e. The molecule has 0 saturated heterocycles. The molecule has 57 heavy (non-hydrogen) atoms. The summed E-state index contributed by atoms with van der Waals surface area (Å²) in [5.41, 5.74) is 20.3. The fraction of sp³-hybridized carbons (Fsp3) is 0.0364. The first-order chi connectivity index (χ1) is 28.2. The normalized spacial score (nSPS) is 13.4.